The van der Waals surface area contributed by atoms with E-state index in [0.29, 0.717) is 16.2 Å². The zero-order chi connectivity index (χ0) is 13.4. The molecule has 0 aliphatic carbocycles. The molecule has 0 radical (unpaired) electrons. The van der Waals surface area contributed by atoms with Gasteiger partial charge in [-0.25, -0.2) is 9.97 Å². The first-order valence-electron chi connectivity index (χ1n) is 5.54. The zero-order valence-electron chi connectivity index (χ0n) is 9.75. The summed E-state index contributed by atoms with van der Waals surface area (Å²) in [5.74, 6) is -0.450. The van der Waals surface area contributed by atoms with Crippen LogP contribution in [0.3, 0.4) is 0 Å². The van der Waals surface area contributed by atoms with Crippen LogP contribution in [0.25, 0.3) is 16.7 Å². The SMILES string of the molecule is NC(=O)c1ccc(-n2cnc3c(Cl)nccc32)cc1. The summed E-state index contributed by atoms with van der Waals surface area (Å²) in [6, 6.07) is 8.78. The first kappa shape index (κ1) is 11.7. The molecule has 0 saturated carbocycles. The molecule has 6 heteroatoms. The summed E-state index contributed by atoms with van der Waals surface area (Å²) in [6.07, 6.45) is 3.29. The Hall–Kier alpha value is -2.40. The Kier molecular flexibility index (Phi) is 2.68. The van der Waals surface area contributed by atoms with Crippen LogP contribution in [0.15, 0.2) is 42.9 Å². The van der Waals surface area contributed by atoms with E-state index < -0.39 is 5.91 Å². The van der Waals surface area contributed by atoms with Crippen LogP contribution in [0, 0.1) is 0 Å². The van der Waals surface area contributed by atoms with Crippen LogP contribution in [0.2, 0.25) is 5.15 Å². The maximum Gasteiger partial charge on any atom is 0.248 e. The predicted molar refractivity (Wildman–Crippen MR) is 72.4 cm³/mol. The number of hydrogen-bond acceptors (Lipinski definition) is 3. The lowest BCUT2D eigenvalue weighted by Gasteiger charge is -2.04. The number of nitrogens with zero attached hydrogens (tertiary/aromatic N) is 3. The van der Waals surface area contributed by atoms with Gasteiger partial charge in [0.15, 0.2) is 5.15 Å². The lowest BCUT2D eigenvalue weighted by Crippen LogP contribution is -2.10. The molecule has 2 aromatic heterocycles. The van der Waals surface area contributed by atoms with Crippen LogP contribution in [-0.2, 0) is 0 Å². The van der Waals surface area contributed by atoms with Crippen LogP contribution in [0.4, 0.5) is 0 Å². The molecule has 5 nitrogen and oxygen atoms in total. The number of fused-ring (bicyclic) bond motifs is 1. The van der Waals surface area contributed by atoms with Gasteiger partial charge in [0.1, 0.15) is 11.8 Å². The summed E-state index contributed by atoms with van der Waals surface area (Å²) in [4.78, 5) is 19.2. The van der Waals surface area contributed by atoms with Crippen LogP contribution in [0.1, 0.15) is 10.4 Å². The Morgan fingerprint density at radius 1 is 1.16 bits per heavy atom. The monoisotopic (exact) mass is 272 g/mol. The van der Waals surface area contributed by atoms with Crippen molar-refractivity contribution in [3.05, 3.63) is 53.6 Å². The number of amides is 1. The zero-order valence-corrected chi connectivity index (χ0v) is 10.5. The number of halogens is 1. The smallest absolute Gasteiger partial charge is 0.248 e. The Bertz CT molecular complexity index is 764. The quantitative estimate of drug-likeness (QED) is 0.727. The fourth-order valence-electron chi connectivity index (χ4n) is 1.90. The van der Waals surface area contributed by atoms with Crippen LogP contribution in [0.5, 0.6) is 0 Å². The van der Waals surface area contributed by atoms with Crippen molar-refractivity contribution in [2.45, 2.75) is 0 Å². The van der Waals surface area contributed by atoms with Crippen molar-refractivity contribution < 1.29 is 4.79 Å². The highest BCUT2D eigenvalue weighted by molar-refractivity contribution is 6.33. The number of aromatic nitrogens is 3. The van der Waals surface area contributed by atoms with Crippen LogP contribution >= 0.6 is 11.6 Å². The maximum absolute atomic E-state index is 11.0. The number of imidazole rings is 1. The van der Waals surface area contributed by atoms with E-state index in [0.717, 1.165) is 11.2 Å². The summed E-state index contributed by atoms with van der Waals surface area (Å²) in [5.41, 5.74) is 8.04. The molecule has 2 N–H and O–H groups in total. The minimum absolute atomic E-state index is 0.366. The Morgan fingerprint density at radius 3 is 2.58 bits per heavy atom. The molecular weight excluding hydrogens is 264 g/mol. The second kappa shape index (κ2) is 4.37. The largest absolute Gasteiger partial charge is 0.366 e. The van der Waals surface area contributed by atoms with Gasteiger partial charge in [0.05, 0.1) is 5.52 Å². The van der Waals surface area contributed by atoms with Crippen molar-refractivity contribution in [2.24, 2.45) is 5.73 Å². The standard InChI is InChI=1S/C13H9ClN4O/c14-12-11-10(5-6-16-12)18(7-17-11)9-3-1-8(2-4-9)13(15)19/h1-7H,(H2,15,19). The molecule has 2 heterocycles. The molecule has 3 aromatic rings. The average molecular weight is 273 g/mol. The molecule has 0 saturated heterocycles. The molecule has 0 spiro atoms. The average Bonchev–Trinajstić information content (AvgIpc) is 2.84. The Balaban J connectivity index is 2.14. The molecule has 94 valence electrons. The summed E-state index contributed by atoms with van der Waals surface area (Å²) in [5, 5.41) is 0.366. The molecule has 3 rings (SSSR count). The third-order valence-corrected chi connectivity index (χ3v) is 3.13. The number of carbonyl (C=O) groups excluding carboxylic acids is 1. The molecule has 0 aliphatic heterocycles. The fourth-order valence-corrected chi connectivity index (χ4v) is 2.10. The van der Waals surface area contributed by atoms with Crippen LogP contribution < -0.4 is 5.73 Å². The molecule has 0 aliphatic rings. The lowest BCUT2D eigenvalue weighted by molar-refractivity contribution is 0.100. The Labute approximate surface area is 113 Å². The minimum Gasteiger partial charge on any atom is -0.366 e. The number of hydrogen-bond donors (Lipinski definition) is 1. The van der Waals surface area contributed by atoms with Gasteiger partial charge in [0.25, 0.3) is 0 Å². The van der Waals surface area contributed by atoms with Gasteiger partial charge in [-0.05, 0) is 30.3 Å². The third-order valence-electron chi connectivity index (χ3n) is 2.85. The van der Waals surface area contributed by atoms with Gasteiger partial charge in [-0.15, -0.1) is 0 Å². The van der Waals surface area contributed by atoms with Crippen molar-refractivity contribution in [3.63, 3.8) is 0 Å². The second-order valence-electron chi connectivity index (χ2n) is 4.00. The van der Waals surface area contributed by atoms with Gasteiger partial charge >= 0.3 is 0 Å². The summed E-state index contributed by atoms with van der Waals surface area (Å²) < 4.78 is 1.87. The molecule has 0 bridgehead atoms. The van der Waals surface area contributed by atoms with Crippen LogP contribution in [-0.4, -0.2) is 20.4 Å². The van der Waals surface area contributed by atoms with Crippen molar-refractivity contribution in [1.82, 2.24) is 14.5 Å². The van der Waals surface area contributed by atoms with Crippen molar-refractivity contribution in [1.29, 1.82) is 0 Å². The lowest BCUT2D eigenvalue weighted by atomic mass is 10.2. The van der Waals surface area contributed by atoms with E-state index in [1.165, 1.54) is 0 Å². The number of rotatable bonds is 2. The highest BCUT2D eigenvalue weighted by atomic mass is 35.5. The van der Waals surface area contributed by atoms with Crippen molar-refractivity contribution in [3.8, 4) is 5.69 Å². The number of benzene rings is 1. The topological polar surface area (TPSA) is 73.8 Å². The molecule has 1 aromatic carbocycles. The van der Waals surface area contributed by atoms with Gasteiger partial charge in [0.2, 0.25) is 5.91 Å². The highest BCUT2D eigenvalue weighted by Crippen LogP contribution is 2.22. The summed E-state index contributed by atoms with van der Waals surface area (Å²) in [7, 11) is 0. The minimum atomic E-state index is -0.450. The first-order chi connectivity index (χ1) is 9.16. The molecule has 0 unspecified atom stereocenters. The molecule has 1 amide bonds. The third kappa shape index (κ3) is 1.94. The van der Waals surface area contributed by atoms with E-state index in [-0.39, 0.29) is 0 Å². The van der Waals surface area contributed by atoms with E-state index in [9.17, 15) is 4.79 Å². The molecule has 0 atom stereocenters. The highest BCUT2D eigenvalue weighted by Gasteiger charge is 2.08. The Morgan fingerprint density at radius 2 is 1.89 bits per heavy atom. The van der Waals surface area contributed by atoms with E-state index in [1.807, 2.05) is 10.6 Å². The molecule has 0 fully saturated rings. The summed E-state index contributed by atoms with van der Waals surface area (Å²) >= 11 is 5.98. The summed E-state index contributed by atoms with van der Waals surface area (Å²) in [6.45, 7) is 0. The van der Waals surface area contributed by atoms with Gasteiger partial charge in [-0.3, -0.25) is 9.36 Å². The predicted octanol–water partition coefficient (Wildman–Crippen LogP) is 2.17. The van der Waals surface area contributed by atoms with E-state index in [1.54, 1.807) is 36.8 Å². The van der Waals surface area contributed by atoms with E-state index >= 15 is 0 Å². The van der Waals surface area contributed by atoms with Gasteiger partial charge in [-0.2, -0.15) is 0 Å². The number of primary amides is 1. The van der Waals surface area contributed by atoms with E-state index in [2.05, 4.69) is 9.97 Å². The number of carbonyl (C=O) groups is 1. The molecule has 19 heavy (non-hydrogen) atoms. The normalized spacial score (nSPS) is 10.8. The molecular formula is C13H9ClN4O. The van der Waals surface area contributed by atoms with Gasteiger partial charge < -0.3 is 5.73 Å². The first-order valence-corrected chi connectivity index (χ1v) is 5.92. The number of pyridine rings is 1. The van der Waals surface area contributed by atoms with E-state index in [4.69, 9.17) is 17.3 Å². The fraction of sp³-hybridized carbons (Fsp3) is 0. The van der Waals surface area contributed by atoms with Crippen molar-refractivity contribution >= 4 is 28.5 Å². The number of nitrogens with two attached hydrogens (primary N) is 1. The van der Waals surface area contributed by atoms with Gasteiger partial charge in [0, 0.05) is 17.4 Å². The maximum atomic E-state index is 11.0. The van der Waals surface area contributed by atoms with Gasteiger partial charge in [-0.1, -0.05) is 11.6 Å². The van der Waals surface area contributed by atoms with Crippen molar-refractivity contribution in [2.75, 3.05) is 0 Å². The second-order valence-corrected chi connectivity index (χ2v) is 4.35.